The fourth-order valence-electron chi connectivity index (χ4n) is 3.63. The molecule has 0 aliphatic carbocycles. The van der Waals surface area contributed by atoms with Crippen LogP contribution >= 0.6 is 0 Å². The number of carbonyl (C=O) groups excluding carboxylic acids is 2. The van der Waals surface area contributed by atoms with Crippen molar-refractivity contribution in [2.24, 2.45) is 5.92 Å². The third-order valence-corrected chi connectivity index (χ3v) is 5.19. The minimum absolute atomic E-state index is 0.00698. The van der Waals surface area contributed by atoms with Crippen LogP contribution in [-0.2, 0) is 16.1 Å². The van der Waals surface area contributed by atoms with Gasteiger partial charge in [-0.2, -0.15) is 0 Å². The van der Waals surface area contributed by atoms with Gasteiger partial charge >= 0.3 is 0 Å². The molecule has 126 valence electrons. The van der Waals surface area contributed by atoms with Gasteiger partial charge in [0.2, 0.25) is 11.8 Å². The fourth-order valence-corrected chi connectivity index (χ4v) is 3.63. The standard InChI is InChI=1S/C16H24N4O3/c1-10-13(11(2)23-17-10)7-20-6-5-12-14(8-20)19(4)15(21)9-18(3)16(12)22/h12,14H,5-9H2,1-4H3/t12-,14+/m0/s1. The van der Waals surface area contributed by atoms with E-state index >= 15 is 0 Å². The van der Waals surface area contributed by atoms with Crippen LogP contribution in [0.2, 0.25) is 0 Å². The molecule has 3 rings (SSSR count). The first-order valence-electron chi connectivity index (χ1n) is 8.03. The predicted molar refractivity (Wildman–Crippen MR) is 83.6 cm³/mol. The van der Waals surface area contributed by atoms with Crippen LogP contribution in [0.3, 0.4) is 0 Å². The largest absolute Gasteiger partial charge is 0.361 e. The number of likely N-dealkylation sites (tertiary alicyclic amines) is 1. The van der Waals surface area contributed by atoms with Crippen molar-refractivity contribution >= 4 is 11.8 Å². The summed E-state index contributed by atoms with van der Waals surface area (Å²) < 4.78 is 5.23. The number of nitrogens with zero attached hydrogens (tertiary/aromatic N) is 4. The smallest absolute Gasteiger partial charge is 0.242 e. The zero-order chi connectivity index (χ0) is 16.7. The Kier molecular flexibility index (Phi) is 4.14. The maximum atomic E-state index is 12.5. The van der Waals surface area contributed by atoms with Crippen LogP contribution in [0.1, 0.15) is 23.4 Å². The molecule has 0 spiro atoms. The van der Waals surface area contributed by atoms with Crippen LogP contribution in [0.5, 0.6) is 0 Å². The molecule has 0 N–H and O–H groups in total. The minimum Gasteiger partial charge on any atom is -0.361 e. The second-order valence-electron chi connectivity index (χ2n) is 6.70. The molecule has 0 unspecified atom stereocenters. The topological polar surface area (TPSA) is 69.9 Å². The molecule has 23 heavy (non-hydrogen) atoms. The number of rotatable bonds is 2. The molecule has 7 nitrogen and oxygen atoms in total. The highest BCUT2D eigenvalue weighted by molar-refractivity contribution is 5.89. The third-order valence-electron chi connectivity index (χ3n) is 5.19. The predicted octanol–water partition coefficient (Wildman–Crippen LogP) is 0.412. The summed E-state index contributed by atoms with van der Waals surface area (Å²) >= 11 is 0. The van der Waals surface area contributed by atoms with E-state index in [4.69, 9.17) is 4.52 Å². The molecule has 3 heterocycles. The third kappa shape index (κ3) is 2.85. The van der Waals surface area contributed by atoms with Crippen LogP contribution in [0, 0.1) is 19.8 Å². The van der Waals surface area contributed by atoms with Gasteiger partial charge in [-0.1, -0.05) is 5.16 Å². The van der Waals surface area contributed by atoms with Crippen LogP contribution in [-0.4, -0.2) is 71.4 Å². The first-order chi connectivity index (χ1) is 10.9. The van der Waals surface area contributed by atoms with Gasteiger partial charge in [-0.05, 0) is 26.8 Å². The molecule has 7 heteroatoms. The monoisotopic (exact) mass is 320 g/mol. The van der Waals surface area contributed by atoms with Crippen LogP contribution in [0.25, 0.3) is 0 Å². The fraction of sp³-hybridized carbons (Fsp3) is 0.688. The molecule has 2 fully saturated rings. The Morgan fingerprint density at radius 1 is 1.26 bits per heavy atom. The summed E-state index contributed by atoms with van der Waals surface area (Å²) in [6.45, 7) is 6.33. The molecular formula is C16H24N4O3. The Balaban J connectivity index is 1.78. The van der Waals surface area contributed by atoms with Crippen molar-refractivity contribution in [3.05, 3.63) is 17.0 Å². The molecule has 2 atom stereocenters. The summed E-state index contributed by atoms with van der Waals surface area (Å²) in [7, 11) is 3.53. The molecule has 2 aliphatic heterocycles. The average Bonchev–Trinajstić information content (AvgIpc) is 2.81. The van der Waals surface area contributed by atoms with E-state index in [1.807, 2.05) is 20.9 Å². The Morgan fingerprint density at radius 3 is 2.65 bits per heavy atom. The van der Waals surface area contributed by atoms with Crippen molar-refractivity contribution in [1.82, 2.24) is 19.9 Å². The SMILES string of the molecule is Cc1noc(C)c1CN1CC[C@@H]2C(=O)N(C)CC(=O)N(C)[C@@H]2C1. The molecule has 1 aromatic heterocycles. The number of aryl methyl sites for hydroxylation is 2. The quantitative estimate of drug-likeness (QED) is 0.789. The number of likely N-dealkylation sites (N-methyl/N-ethyl adjacent to an activating group) is 2. The Labute approximate surface area is 136 Å². The van der Waals surface area contributed by atoms with Gasteiger partial charge in [0.25, 0.3) is 0 Å². The lowest BCUT2D eigenvalue weighted by atomic mass is 9.89. The van der Waals surface area contributed by atoms with Gasteiger partial charge in [0.05, 0.1) is 24.2 Å². The number of hydrogen-bond acceptors (Lipinski definition) is 5. The number of fused-ring (bicyclic) bond motifs is 1. The first kappa shape index (κ1) is 16.0. The second-order valence-corrected chi connectivity index (χ2v) is 6.70. The summed E-state index contributed by atoms with van der Waals surface area (Å²) in [6, 6.07) is -0.0610. The molecule has 2 amide bonds. The lowest BCUT2D eigenvalue weighted by Crippen LogP contribution is -2.53. The first-order valence-corrected chi connectivity index (χ1v) is 8.03. The van der Waals surface area contributed by atoms with Crippen molar-refractivity contribution in [2.45, 2.75) is 32.9 Å². The lowest BCUT2D eigenvalue weighted by Gasteiger charge is -2.40. The van der Waals surface area contributed by atoms with Crippen LogP contribution < -0.4 is 0 Å². The second kappa shape index (κ2) is 5.96. The molecule has 0 saturated carbocycles. The number of carbonyl (C=O) groups is 2. The maximum absolute atomic E-state index is 12.5. The van der Waals surface area contributed by atoms with Crippen molar-refractivity contribution < 1.29 is 14.1 Å². The molecule has 0 aromatic carbocycles. The number of piperidine rings is 1. The Hall–Kier alpha value is -1.89. The van der Waals surface area contributed by atoms with E-state index in [1.54, 1.807) is 16.8 Å². The normalized spacial score (nSPS) is 26.4. The van der Waals surface area contributed by atoms with E-state index in [0.29, 0.717) is 6.54 Å². The van der Waals surface area contributed by atoms with Gasteiger partial charge in [0, 0.05) is 32.7 Å². The van der Waals surface area contributed by atoms with E-state index in [0.717, 1.165) is 36.5 Å². The summed E-state index contributed by atoms with van der Waals surface area (Å²) in [5, 5.41) is 4.00. The average molecular weight is 320 g/mol. The molecule has 0 bridgehead atoms. The van der Waals surface area contributed by atoms with Gasteiger partial charge in [-0.25, -0.2) is 0 Å². The van der Waals surface area contributed by atoms with E-state index in [-0.39, 0.29) is 30.3 Å². The molecule has 2 aliphatic rings. The van der Waals surface area contributed by atoms with Crippen molar-refractivity contribution in [2.75, 3.05) is 33.7 Å². The Morgan fingerprint density at radius 2 is 2.00 bits per heavy atom. The summed E-state index contributed by atoms with van der Waals surface area (Å²) in [6.07, 6.45) is 0.773. The van der Waals surface area contributed by atoms with Gasteiger partial charge in [0.1, 0.15) is 5.76 Å². The Bertz CT molecular complexity index is 607. The highest BCUT2D eigenvalue weighted by atomic mass is 16.5. The van der Waals surface area contributed by atoms with Crippen LogP contribution in [0.4, 0.5) is 0 Å². The zero-order valence-corrected chi connectivity index (χ0v) is 14.2. The van der Waals surface area contributed by atoms with Crippen molar-refractivity contribution in [3.63, 3.8) is 0 Å². The molecule has 0 radical (unpaired) electrons. The van der Waals surface area contributed by atoms with E-state index in [9.17, 15) is 9.59 Å². The van der Waals surface area contributed by atoms with E-state index < -0.39 is 0 Å². The highest BCUT2D eigenvalue weighted by Gasteiger charge is 2.42. The van der Waals surface area contributed by atoms with Gasteiger partial charge in [0.15, 0.2) is 0 Å². The van der Waals surface area contributed by atoms with Gasteiger partial charge in [-0.15, -0.1) is 0 Å². The number of amides is 2. The number of aromatic nitrogens is 1. The van der Waals surface area contributed by atoms with Crippen molar-refractivity contribution in [1.29, 1.82) is 0 Å². The summed E-state index contributed by atoms with van der Waals surface area (Å²) in [5.74, 6) is 0.834. The molecular weight excluding hydrogens is 296 g/mol. The van der Waals surface area contributed by atoms with Crippen LogP contribution in [0.15, 0.2) is 4.52 Å². The number of hydrogen-bond donors (Lipinski definition) is 0. The maximum Gasteiger partial charge on any atom is 0.242 e. The van der Waals surface area contributed by atoms with E-state index in [1.165, 1.54) is 0 Å². The lowest BCUT2D eigenvalue weighted by molar-refractivity contribution is -0.136. The minimum atomic E-state index is -0.0997. The van der Waals surface area contributed by atoms with Crippen molar-refractivity contribution in [3.8, 4) is 0 Å². The summed E-state index contributed by atoms with van der Waals surface area (Å²) in [4.78, 5) is 30.4. The highest BCUT2D eigenvalue weighted by Crippen LogP contribution is 2.28. The van der Waals surface area contributed by atoms with Gasteiger partial charge < -0.3 is 14.3 Å². The van der Waals surface area contributed by atoms with Gasteiger partial charge in [-0.3, -0.25) is 14.5 Å². The molecule has 1 aromatic rings. The molecule has 2 saturated heterocycles. The van der Waals surface area contributed by atoms with E-state index in [2.05, 4.69) is 10.1 Å². The summed E-state index contributed by atoms with van der Waals surface area (Å²) in [5.41, 5.74) is 2.01. The zero-order valence-electron chi connectivity index (χ0n) is 14.2.